The molecule has 0 aliphatic heterocycles. The van der Waals surface area contributed by atoms with Gasteiger partial charge in [0.05, 0.1) is 5.69 Å². The Kier molecular flexibility index (Phi) is 11.5. The number of benzene rings is 4. The van der Waals surface area contributed by atoms with Crippen LogP contribution in [0.5, 0.6) is 0 Å². The first-order chi connectivity index (χ1) is 22.0. The van der Waals surface area contributed by atoms with Gasteiger partial charge in [-0.25, -0.2) is 0 Å². The van der Waals surface area contributed by atoms with E-state index in [0.717, 1.165) is 38.1 Å². The van der Waals surface area contributed by atoms with Crippen molar-refractivity contribution < 1.29 is 0 Å². The molecule has 0 aliphatic rings. The Bertz CT molecular complexity index is 1740. The largest absolute Gasteiger partial charge is 0.314 e. The van der Waals surface area contributed by atoms with Crippen LogP contribution in [0.4, 0.5) is 28.4 Å². The molecule has 2 nitrogen and oxygen atoms in total. The molecule has 0 N–H and O–H groups in total. The maximum absolute atomic E-state index is 4.13. The lowest BCUT2D eigenvalue weighted by atomic mass is 9.84. The second-order valence-electron chi connectivity index (χ2n) is 14.4. The third-order valence-electron chi connectivity index (χ3n) is 8.63. The van der Waals surface area contributed by atoms with Crippen LogP contribution in [0.25, 0.3) is 0 Å². The molecule has 4 aromatic carbocycles. The zero-order valence-corrected chi connectivity index (χ0v) is 33.0. The summed E-state index contributed by atoms with van der Waals surface area (Å²) in [6, 6.07) is 30.9. The van der Waals surface area contributed by atoms with Crippen molar-refractivity contribution in [1.82, 2.24) is 0 Å². The summed E-state index contributed by atoms with van der Waals surface area (Å²) in [5.41, 5.74) is 13.3. The van der Waals surface area contributed by atoms with E-state index in [0.29, 0.717) is 0 Å². The van der Waals surface area contributed by atoms with Crippen LogP contribution in [-0.2, 0) is 5.41 Å². The van der Waals surface area contributed by atoms with E-state index >= 15 is 0 Å². The number of nitrogens with zero attached hydrogens (tertiary/aromatic N) is 2. The lowest BCUT2D eigenvalue weighted by molar-refractivity contribution is 0.517. The first-order valence-electron chi connectivity index (χ1n) is 16.4. The van der Waals surface area contributed by atoms with Crippen LogP contribution in [0.2, 0.25) is 0 Å². The van der Waals surface area contributed by atoms with Gasteiger partial charge < -0.3 is 9.80 Å². The van der Waals surface area contributed by atoms with Gasteiger partial charge in [0.25, 0.3) is 0 Å². The van der Waals surface area contributed by atoms with Gasteiger partial charge in [-0.05, 0) is 139 Å². The van der Waals surface area contributed by atoms with E-state index in [1.54, 1.807) is 0 Å². The minimum Gasteiger partial charge on any atom is -0.314 e. The van der Waals surface area contributed by atoms with Gasteiger partial charge in [-0.15, -0.1) is 0 Å². The number of halogens is 2. The van der Waals surface area contributed by atoms with E-state index < -0.39 is 0 Å². The van der Waals surface area contributed by atoms with Crippen LogP contribution in [0, 0.1) is 19.3 Å². The summed E-state index contributed by atoms with van der Waals surface area (Å²) >= 11 is 7.28. The van der Waals surface area contributed by atoms with Gasteiger partial charge in [-0.3, -0.25) is 0 Å². The van der Waals surface area contributed by atoms with Crippen molar-refractivity contribution in [1.29, 1.82) is 0 Å². The molecule has 0 spiro atoms. The highest BCUT2D eigenvalue weighted by molar-refractivity contribution is 9.10. The topological polar surface area (TPSA) is 6.48 Å². The number of anilines is 5. The highest BCUT2D eigenvalue weighted by Crippen LogP contribution is 2.43. The van der Waals surface area contributed by atoms with E-state index in [1.807, 2.05) is 6.08 Å². The molecule has 4 rings (SSSR count). The molecule has 0 heterocycles. The first-order valence-corrected chi connectivity index (χ1v) is 18.0. The number of hydrogen-bond acceptors (Lipinski definition) is 2. The van der Waals surface area contributed by atoms with Gasteiger partial charge in [0, 0.05) is 37.4 Å². The smallest absolute Gasteiger partial charge is 0.0520 e. The van der Waals surface area contributed by atoms with Gasteiger partial charge >= 0.3 is 0 Å². The Morgan fingerprint density at radius 3 is 1.49 bits per heavy atom. The molecule has 0 aromatic heterocycles. The summed E-state index contributed by atoms with van der Waals surface area (Å²) in [4.78, 5) is 4.78. The Labute approximate surface area is 301 Å². The van der Waals surface area contributed by atoms with Crippen LogP contribution in [0.15, 0.2) is 129 Å². The fourth-order valence-corrected chi connectivity index (χ4v) is 6.58. The van der Waals surface area contributed by atoms with Crippen LogP contribution < -0.4 is 9.80 Å². The van der Waals surface area contributed by atoms with Crippen LogP contribution in [0.3, 0.4) is 0 Å². The van der Waals surface area contributed by atoms with E-state index in [-0.39, 0.29) is 10.8 Å². The molecule has 0 radical (unpaired) electrons. The summed E-state index contributed by atoms with van der Waals surface area (Å²) in [7, 11) is 0. The van der Waals surface area contributed by atoms with Crippen molar-refractivity contribution in [3.8, 4) is 0 Å². The van der Waals surface area contributed by atoms with Gasteiger partial charge in [0.1, 0.15) is 0 Å². The number of hydrogen-bond donors (Lipinski definition) is 0. The molecular formula is C43H50Br2N2. The second kappa shape index (κ2) is 14.8. The standard InChI is InChI=1S/C43H50Br2N2/c1-12-32(42(6,7)8)26-29(3)40(13-2)46(36-18-14-34(44)15-19-36)37-22-24-39(25-23-37)47(38-20-16-35(45)17-21-38)41-30(4)27-33(28-31(41)5)43(9,10)11/h12,14-28H,1,13H2,2-11H3/b32-26+,40-29+. The molecule has 4 aromatic rings. The summed E-state index contributed by atoms with van der Waals surface area (Å²) in [6.45, 7) is 26.6. The maximum Gasteiger partial charge on any atom is 0.0520 e. The van der Waals surface area contributed by atoms with E-state index in [2.05, 4.69) is 208 Å². The summed E-state index contributed by atoms with van der Waals surface area (Å²) in [6.07, 6.45) is 5.16. The van der Waals surface area contributed by atoms with Crippen LogP contribution in [-0.4, -0.2) is 0 Å². The van der Waals surface area contributed by atoms with Crippen LogP contribution in [0.1, 0.15) is 78.5 Å². The first kappa shape index (κ1) is 36.5. The average Bonchev–Trinajstić information content (AvgIpc) is 3.00. The van der Waals surface area contributed by atoms with Crippen molar-refractivity contribution >= 4 is 60.3 Å². The van der Waals surface area contributed by atoms with Gasteiger partial charge in [0.2, 0.25) is 0 Å². The Morgan fingerprint density at radius 1 is 0.702 bits per heavy atom. The summed E-state index contributed by atoms with van der Waals surface area (Å²) in [5, 5.41) is 0. The predicted molar refractivity (Wildman–Crippen MR) is 214 cm³/mol. The minimum absolute atomic E-state index is 0.00375. The van der Waals surface area contributed by atoms with Crippen molar-refractivity contribution in [2.24, 2.45) is 5.41 Å². The van der Waals surface area contributed by atoms with Gasteiger partial charge in [-0.1, -0.05) is 111 Å². The lowest BCUT2D eigenvalue weighted by Gasteiger charge is -2.32. The monoisotopic (exact) mass is 752 g/mol. The fraction of sp³-hybridized carbons (Fsp3) is 0.302. The predicted octanol–water partition coefficient (Wildman–Crippen LogP) is 14.6. The van der Waals surface area contributed by atoms with Crippen molar-refractivity contribution in [3.05, 3.63) is 146 Å². The van der Waals surface area contributed by atoms with Crippen molar-refractivity contribution in [3.63, 3.8) is 0 Å². The van der Waals surface area contributed by atoms with Gasteiger partial charge in [0.15, 0.2) is 0 Å². The Morgan fingerprint density at radius 2 is 1.11 bits per heavy atom. The zero-order chi connectivity index (χ0) is 34.7. The highest BCUT2D eigenvalue weighted by Gasteiger charge is 2.23. The number of rotatable bonds is 9. The number of aryl methyl sites for hydroxylation is 2. The van der Waals surface area contributed by atoms with E-state index in [1.165, 1.54) is 39.2 Å². The molecule has 0 aliphatic carbocycles. The summed E-state index contributed by atoms with van der Waals surface area (Å²) < 4.78 is 2.12. The molecule has 0 fully saturated rings. The van der Waals surface area contributed by atoms with Gasteiger partial charge in [-0.2, -0.15) is 0 Å². The third-order valence-corrected chi connectivity index (χ3v) is 9.69. The highest BCUT2D eigenvalue weighted by atomic mass is 79.9. The maximum atomic E-state index is 4.13. The molecule has 0 saturated heterocycles. The summed E-state index contributed by atoms with van der Waals surface area (Å²) in [5.74, 6) is 0. The van der Waals surface area contributed by atoms with Crippen LogP contribution >= 0.6 is 31.9 Å². The molecule has 0 saturated carbocycles. The lowest BCUT2D eigenvalue weighted by Crippen LogP contribution is -2.19. The molecule has 0 amide bonds. The van der Waals surface area contributed by atoms with E-state index in [4.69, 9.17) is 0 Å². The average molecular weight is 755 g/mol. The molecule has 0 atom stereocenters. The SMILES string of the molecule is C=C/C(=C\C(C)=C(/CC)N(c1ccc(Br)cc1)c1ccc(N(c2ccc(Br)cc2)c2c(C)cc(C(C)(C)C)cc2C)cc1)C(C)(C)C. The molecule has 4 heteroatoms. The molecular weight excluding hydrogens is 704 g/mol. The third kappa shape index (κ3) is 8.58. The molecule has 0 bridgehead atoms. The van der Waals surface area contributed by atoms with Crippen molar-refractivity contribution in [2.45, 2.75) is 81.1 Å². The normalized spacial score (nSPS) is 12.9. The quantitative estimate of drug-likeness (QED) is 0.157. The van der Waals surface area contributed by atoms with Crippen molar-refractivity contribution in [2.75, 3.05) is 9.80 Å². The molecule has 0 unspecified atom stereocenters. The number of allylic oxidation sites excluding steroid dienone is 5. The fourth-order valence-electron chi connectivity index (χ4n) is 6.05. The molecule has 246 valence electrons. The minimum atomic E-state index is 0.00375. The molecule has 47 heavy (non-hydrogen) atoms. The Hall–Kier alpha value is -3.34. The Balaban J connectivity index is 1.91. The second-order valence-corrected chi connectivity index (χ2v) is 16.2. The zero-order valence-electron chi connectivity index (χ0n) is 29.8. The van der Waals surface area contributed by atoms with E-state index in [9.17, 15) is 0 Å².